The van der Waals surface area contributed by atoms with E-state index in [0.717, 1.165) is 62.9 Å². The lowest BCUT2D eigenvalue weighted by Crippen LogP contribution is -2.41. The highest BCUT2D eigenvalue weighted by Gasteiger charge is 2.24. The number of benzene rings is 3. The van der Waals surface area contributed by atoms with E-state index < -0.39 is 0 Å². The second-order valence-corrected chi connectivity index (χ2v) is 8.86. The van der Waals surface area contributed by atoms with E-state index >= 15 is 0 Å². The monoisotopic (exact) mass is 430 g/mol. The van der Waals surface area contributed by atoms with Gasteiger partial charge in [0.15, 0.2) is 0 Å². The fraction of sp³-hybridized carbons (Fsp3) is 0.393. The quantitative estimate of drug-likeness (QED) is 0.436. The van der Waals surface area contributed by atoms with Crippen molar-refractivity contribution in [2.75, 3.05) is 39.9 Å². The average molecular weight is 431 g/mol. The minimum atomic E-state index is 0.138. The van der Waals surface area contributed by atoms with Crippen LogP contribution >= 0.6 is 0 Å². The smallest absolute Gasteiger partial charge is 0.253 e. The number of methoxy groups -OCH3 is 1. The van der Waals surface area contributed by atoms with Crippen LogP contribution in [0.25, 0.3) is 10.8 Å². The molecule has 0 saturated carbocycles. The lowest BCUT2D eigenvalue weighted by molar-refractivity contribution is 0.0665. The van der Waals surface area contributed by atoms with Crippen molar-refractivity contribution in [2.45, 2.75) is 25.8 Å². The molecule has 0 atom stereocenters. The first kappa shape index (κ1) is 22.5. The number of nitrogens with zero attached hydrogens (tertiary/aromatic N) is 2. The molecule has 0 aromatic heterocycles. The summed E-state index contributed by atoms with van der Waals surface area (Å²) in [5.74, 6) is 0.688. The third kappa shape index (κ3) is 5.96. The second-order valence-electron chi connectivity index (χ2n) is 8.86. The van der Waals surface area contributed by atoms with Crippen LogP contribution in [0.2, 0.25) is 0 Å². The summed E-state index contributed by atoms with van der Waals surface area (Å²) in [6.07, 6.45) is 3.14. The third-order valence-corrected chi connectivity index (χ3v) is 6.49. The van der Waals surface area contributed by atoms with Gasteiger partial charge >= 0.3 is 0 Å². The molecule has 1 saturated heterocycles. The Hall–Kier alpha value is -2.69. The van der Waals surface area contributed by atoms with Crippen molar-refractivity contribution >= 4 is 16.7 Å². The third-order valence-electron chi connectivity index (χ3n) is 6.49. The van der Waals surface area contributed by atoms with Crippen molar-refractivity contribution in [3.8, 4) is 0 Å². The lowest BCUT2D eigenvalue weighted by atomic mass is 9.95. The summed E-state index contributed by atoms with van der Waals surface area (Å²) < 4.78 is 5.25. The number of hydrogen-bond acceptors (Lipinski definition) is 3. The van der Waals surface area contributed by atoms with Crippen LogP contribution in [0.5, 0.6) is 0 Å². The van der Waals surface area contributed by atoms with Crippen LogP contribution in [0, 0.1) is 5.92 Å². The summed E-state index contributed by atoms with van der Waals surface area (Å²) in [5, 5.41) is 2.28. The molecule has 1 aliphatic heterocycles. The van der Waals surface area contributed by atoms with Crippen LogP contribution < -0.4 is 0 Å². The first-order valence-corrected chi connectivity index (χ1v) is 11.8. The van der Waals surface area contributed by atoms with Gasteiger partial charge in [-0.3, -0.25) is 9.69 Å². The van der Waals surface area contributed by atoms with Crippen LogP contribution in [0.15, 0.2) is 72.8 Å². The molecule has 32 heavy (non-hydrogen) atoms. The Kier molecular flexibility index (Phi) is 7.92. The van der Waals surface area contributed by atoms with Crippen LogP contribution in [0.3, 0.4) is 0 Å². The minimum Gasteiger partial charge on any atom is -0.385 e. The molecular weight excluding hydrogens is 396 g/mol. The van der Waals surface area contributed by atoms with Gasteiger partial charge in [-0.25, -0.2) is 0 Å². The van der Waals surface area contributed by atoms with Crippen molar-refractivity contribution in [1.29, 1.82) is 0 Å². The maximum Gasteiger partial charge on any atom is 0.253 e. The molecule has 1 heterocycles. The minimum absolute atomic E-state index is 0.138. The van der Waals surface area contributed by atoms with E-state index in [1.165, 1.54) is 10.9 Å². The molecule has 3 aromatic rings. The second kappa shape index (κ2) is 11.3. The number of hydrogen-bond donors (Lipinski definition) is 0. The lowest BCUT2D eigenvalue weighted by Gasteiger charge is -2.35. The molecule has 0 spiro atoms. The molecule has 4 nitrogen and oxygen atoms in total. The van der Waals surface area contributed by atoms with Crippen molar-refractivity contribution in [3.05, 3.63) is 83.9 Å². The number of fused-ring (bicyclic) bond motifs is 1. The van der Waals surface area contributed by atoms with Gasteiger partial charge in [-0.15, -0.1) is 0 Å². The maximum atomic E-state index is 13.4. The zero-order valence-corrected chi connectivity index (χ0v) is 19.1. The zero-order valence-electron chi connectivity index (χ0n) is 19.1. The summed E-state index contributed by atoms with van der Waals surface area (Å²) in [5.41, 5.74) is 2.15. The molecule has 4 rings (SSSR count). The van der Waals surface area contributed by atoms with Crippen LogP contribution in [-0.4, -0.2) is 55.6 Å². The average Bonchev–Trinajstić information content (AvgIpc) is 2.84. The molecule has 1 amide bonds. The van der Waals surface area contributed by atoms with Gasteiger partial charge in [0.05, 0.1) is 0 Å². The number of carbonyl (C=O) groups is 1. The number of rotatable bonds is 9. The highest BCUT2D eigenvalue weighted by molar-refractivity contribution is 5.98. The van der Waals surface area contributed by atoms with Crippen molar-refractivity contribution in [2.24, 2.45) is 5.92 Å². The predicted octanol–water partition coefficient (Wildman–Crippen LogP) is 5.23. The topological polar surface area (TPSA) is 32.8 Å². The summed E-state index contributed by atoms with van der Waals surface area (Å²) >= 11 is 0. The molecule has 0 bridgehead atoms. The van der Waals surface area contributed by atoms with E-state index in [9.17, 15) is 4.79 Å². The fourth-order valence-electron chi connectivity index (χ4n) is 4.66. The van der Waals surface area contributed by atoms with Crippen molar-refractivity contribution < 1.29 is 9.53 Å². The number of piperidine rings is 1. The molecule has 4 heteroatoms. The highest BCUT2D eigenvalue weighted by Crippen LogP contribution is 2.22. The first-order chi connectivity index (χ1) is 15.7. The Balaban J connectivity index is 1.38. The molecular formula is C28H34N2O2. The van der Waals surface area contributed by atoms with Crippen molar-refractivity contribution in [3.63, 3.8) is 0 Å². The van der Waals surface area contributed by atoms with Crippen molar-refractivity contribution in [1.82, 2.24) is 9.80 Å². The van der Waals surface area contributed by atoms with E-state index in [1.54, 1.807) is 7.11 Å². The van der Waals surface area contributed by atoms with E-state index in [0.29, 0.717) is 12.5 Å². The summed E-state index contributed by atoms with van der Waals surface area (Å²) in [6, 6.07) is 25.0. The number of ether oxygens (including phenoxy) is 1. The SMILES string of the molecule is COCCCN(CC1CCN(Cc2ccccc2)CC1)C(=O)c1ccc2ccccc2c1. The van der Waals surface area contributed by atoms with Gasteiger partial charge in [-0.2, -0.15) is 0 Å². The number of likely N-dealkylation sites (tertiary alicyclic amines) is 1. The molecule has 168 valence electrons. The summed E-state index contributed by atoms with van der Waals surface area (Å²) in [6.45, 7) is 5.45. The Morgan fingerprint density at radius 1 is 0.969 bits per heavy atom. The van der Waals surface area contributed by atoms with Crippen LogP contribution in [0.4, 0.5) is 0 Å². The van der Waals surface area contributed by atoms with Crippen LogP contribution in [-0.2, 0) is 11.3 Å². The van der Waals surface area contributed by atoms with Gasteiger partial charge in [-0.1, -0.05) is 60.7 Å². The van der Waals surface area contributed by atoms with E-state index in [2.05, 4.69) is 58.3 Å². The zero-order chi connectivity index (χ0) is 22.2. The molecule has 0 aliphatic carbocycles. The Morgan fingerprint density at radius 3 is 2.44 bits per heavy atom. The highest BCUT2D eigenvalue weighted by atomic mass is 16.5. The predicted molar refractivity (Wildman–Crippen MR) is 131 cm³/mol. The van der Waals surface area contributed by atoms with Gasteiger partial charge < -0.3 is 9.64 Å². The molecule has 1 aliphatic rings. The standard InChI is InChI=1S/C28H34N2O2/c1-32-19-7-16-30(28(31)27-13-12-25-10-5-6-11-26(25)20-27)22-24-14-17-29(18-15-24)21-23-8-3-2-4-9-23/h2-6,8-13,20,24H,7,14-19,21-22H2,1H3. The molecule has 0 N–H and O–H groups in total. The Labute approximate surface area is 191 Å². The fourth-order valence-corrected chi connectivity index (χ4v) is 4.66. The molecule has 3 aromatic carbocycles. The molecule has 0 radical (unpaired) electrons. The van der Waals surface area contributed by atoms with Gasteiger partial charge in [0.2, 0.25) is 0 Å². The Morgan fingerprint density at radius 2 is 1.69 bits per heavy atom. The summed E-state index contributed by atoms with van der Waals surface area (Å²) in [4.78, 5) is 18.0. The first-order valence-electron chi connectivity index (χ1n) is 11.8. The van der Waals surface area contributed by atoms with Crippen LogP contribution in [0.1, 0.15) is 35.2 Å². The molecule has 1 fully saturated rings. The molecule has 0 unspecified atom stereocenters. The number of amides is 1. The Bertz CT molecular complexity index is 996. The summed E-state index contributed by atoms with van der Waals surface area (Å²) in [7, 11) is 1.72. The largest absolute Gasteiger partial charge is 0.385 e. The van der Waals surface area contributed by atoms with Gasteiger partial charge in [0.25, 0.3) is 5.91 Å². The van der Waals surface area contributed by atoms with Gasteiger partial charge in [0.1, 0.15) is 0 Å². The normalized spacial score (nSPS) is 15.2. The van der Waals surface area contributed by atoms with E-state index in [1.807, 2.05) is 24.3 Å². The van der Waals surface area contributed by atoms with Gasteiger partial charge in [-0.05, 0) is 66.7 Å². The van der Waals surface area contributed by atoms with E-state index in [4.69, 9.17) is 4.74 Å². The van der Waals surface area contributed by atoms with E-state index in [-0.39, 0.29) is 5.91 Å². The maximum absolute atomic E-state index is 13.4. The number of carbonyl (C=O) groups excluding carboxylic acids is 1. The van der Waals surface area contributed by atoms with Gasteiger partial charge in [0, 0.05) is 38.9 Å².